The molecule has 0 heterocycles. The molecule has 0 saturated carbocycles. The first kappa shape index (κ1) is 7.28. The van der Waals surface area contributed by atoms with Crippen LogP contribution in [-0.4, -0.2) is 5.11 Å². The maximum absolute atomic E-state index is 8.15. The number of allylic oxidation sites excluding steroid dienone is 3. The van der Waals surface area contributed by atoms with Crippen molar-refractivity contribution in [3.63, 3.8) is 0 Å². The van der Waals surface area contributed by atoms with Gasteiger partial charge in [0.05, 0.1) is 6.26 Å². The van der Waals surface area contributed by atoms with E-state index in [1.165, 1.54) is 0 Å². The lowest BCUT2D eigenvalue weighted by atomic mass is 10.3. The summed E-state index contributed by atoms with van der Waals surface area (Å²) in [5.41, 5.74) is 0. The van der Waals surface area contributed by atoms with Gasteiger partial charge in [-0.05, 0) is 18.9 Å². The van der Waals surface area contributed by atoms with Gasteiger partial charge in [0, 0.05) is 0 Å². The zero-order valence-electron chi connectivity index (χ0n) is 5.17. The van der Waals surface area contributed by atoms with Gasteiger partial charge < -0.3 is 5.11 Å². The van der Waals surface area contributed by atoms with Crippen molar-refractivity contribution in [1.82, 2.24) is 0 Å². The summed E-state index contributed by atoms with van der Waals surface area (Å²) < 4.78 is 0. The third kappa shape index (κ3) is 5.28. The molecule has 0 amide bonds. The van der Waals surface area contributed by atoms with Crippen molar-refractivity contribution < 1.29 is 5.11 Å². The second-order valence-corrected chi connectivity index (χ2v) is 1.50. The summed E-state index contributed by atoms with van der Waals surface area (Å²) in [4.78, 5) is 0. The van der Waals surface area contributed by atoms with E-state index < -0.39 is 0 Å². The van der Waals surface area contributed by atoms with Gasteiger partial charge in [0.2, 0.25) is 0 Å². The maximum atomic E-state index is 8.15. The molecular formula is C7H12O. The minimum atomic E-state index is 0.838. The van der Waals surface area contributed by atoms with Gasteiger partial charge in [0.15, 0.2) is 0 Å². The highest BCUT2D eigenvalue weighted by Crippen LogP contribution is 1.86. The predicted octanol–water partition coefficient (Wildman–Crippen LogP) is 2.41. The standard InChI is InChI=1S/C7H12O/c1-2-3-4-5-6-7-8/h3-4,6-8H,2,5H2,1H3. The van der Waals surface area contributed by atoms with Crippen molar-refractivity contribution in [3.8, 4) is 0 Å². The summed E-state index contributed by atoms with van der Waals surface area (Å²) >= 11 is 0. The fourth-order valence-electron chi connectivity index (χ4n) is 0.402. The molecule has 1 heteroatoms. The molecule has 0 aromatic heterocycles. The number of hydrogen-bond acceptors (Lipinski definition) is 1. The third-order valence-electron chi connectivity index (χ3n) is 0.780. The Hall–Kier alpha value is -0.720. The molecule has 0 atom stereocenters. The van der Waals surface area contributed by atoms with E-state index in [2.05, 4.69) is 13.0 Å². The van der Waals surface area contributed by atoms with Crippen LogP contribution in [0.15, 0.2) is 24.5 Å². The van der Waals surface area contributed by atoms with E-state index in [4.69, 9.17) is 5.11 Å². The van der Waals surface area contributed by atoms with Gasteiger partial charge in [-0.2, -0.15) is 0 Å². The van der Waals surface area contributed by atoms with Crippen LogP contribution >= 0.6 is 0 Å². The van der Waals surface area contributed by atoms with Crippen molar-refractivity contribution in [2.45, 2.75) is 19.8 Å². The Morgan fingerprint density at radius 2 is 2.00 bits per heavy atom. The molecule has 0 saturated heterocycles. The highest BCUT2D eigenvalue weighted by Gasteiger charge is 1.66. The molecule has 0 radical (unpaired) electrons. The third-order valence-corrected chi connectivity index (χ3v) is 0.780. The van der Waals surface area contributed by atoms with E-state index in [1.807, 2.05) is 6.08 Å². The van der Waals surface area contributed by atoms with Crippen LogP contribution < -0.4 is 0 Å². The average Bonchev–Trinajstić information content (AvgIpc) is 1.81. The molecule has 1 N–H and O–H groups in total. The summed E-state index contributed by atoms with van der Waals surface area (Å²) in [6, 6.07) is 0. The Bertz CT molecular complexity index is 82.4. The van der Waals surface area contributed by atoms with Gasteiger partial charge in [-0.1, -0.05) is 19.1 Å². The Kier molecular flexibility index (Phi) is 5.71. The molecule has 0 spiro atoms. The van der Waals surface area contributed by atoms with Gasteiger partial charge in [0.1, 0.15) is 0 Å². The molecule has 0 rings (SSSR count). The molecule has 46 valence electrons. The van der Waals surface area contributed by atoms with Crippen molar-refractivity contribution in [1.29, 1.82) is 0 Å². The molecule has 0 bridgehead atoms. The van der Waals surface area contributed by atoms with Gasteiger partial charge in [-0.15, -0.1) is 0 Å². The fraction of sp³-hybridized carbons (Fsp3) is 0.429. The first-order valence-corrected chi connectivity index (χ1v) is 2.86. The van der Waals surface area contributed by atoms with E-state index in [0.29, 0.717) is 0 Å². The van der Waals surface area contributed by atoms with Gasteiger partial charge in [0.25, 0.3) is 0 Å². The molecular weight excluding hydrogens is 100 g/mol. The predicted molar refractivity (Wildman–Crippen MR) is 35.8 cm³/mol. The summed E-state index contributed by atoms with van der Waals surface area (Å²) in [7, 11) is 0. The zero-order valence-corrected chi connectivity index (χ0v) is 5.17. The minimum absolute atomic E-state index is 0.838. The van der Waals surface area contributed by atoms with E-state index in [-0.39, 0.29) is 0 Å². The van der Waals surface area contributed by atoms with Crippen LogP contribution in [0.25, 0.3) is 0 Å². The average molecular weight is 112 g/mol. The lowest BCUT2D eigenvalue weighted by Crippen LogP contribution is -1.57. The summed E-state index contributed by atoms with van der Waals surface area (Å²) in [5.74, 6) is 0. The highest BCUT2D eigenvalue weighted by atomic mass is 16.2. The molecule has 0 aromatic rings. The summed E-state index contributed by atoms with van der Waals surface area (Å²) in [5, 5.41) is 8.15. The molecule has 0 aliphatic carbocycles. The van der Waals surface area contributed by atoms with Gasteiger partial charge >= 0.3 is 0 Å². The number of aliphatic hydroxyl groups is 1. The van der Waals surface area contributed by atoms with Crippen LogP contribution in [0.2, 0.25) is 0 Å². The van der Waals surface area contributed by atoms with Crippen LogP contribution in [0.3, 0.4) is 0 Å². The summed E-state index contributed by atoms with van der Waals surface area (Å²) in [6.07, 6.45) is 8.77. The molecule has 0 aromatic carbocycles. The maximum Gasteiger partial charge on any atom is 0.0754 e. The van der Waals surface area contributed by atoms with E-state index in [1.54, 1.807) is 6.08 Å². The van der Waals surface area contributed by atoms with Gasteiger partial charge in [-0.3, -0.25) is 0 Å². The molecule has 0 unspecified atom stereocenters. The van der Waals surface area contributed by atoms with Gasteiger partial charge in [-0.25, -0.2) is 0 Å². The topological polar surface area (TPSA) is 20.2 Å². The second-order valence-electron chi connectivity index (χ2n) is 1.50. The molecule has 0 aliphatic rings. The van der Waals surface area contributed by atoms with Crippen LogP contribution in [0.4, 0.5) is 0 Å². The lowest BCUT2D eigenvalue weighted by molar-refractivity contribution is 0.471. The Labute approximate surface area is 50.3 Å². The summed E-state index contributed by atoms with van der Waals surface area (Å²) in [6.45, 7) is 2.08. The Morgan fingerprint density at radius 3 is 2.50 bits per heavy atom. The Morgan fingerprint density at radius 1 is 1.25 bits per heavy atom. The van der Waals surface area contributed by atoms with Crippen molar-refractivity contribution in [2.75, 3.05) is 0 Å². The van der Waals surface area contributed by atoms with E-state index in [9.17, 15) is 0 Å². The fourth-order valence-corrected chi connectivity index (χ4v) is 0.402. The Balaban J connectivity index is 3.03. The number of aliphatic hydroxyl groups excluding tert-OH is 1. The first-order chi connectivity index (χ1) is 3.91. The van der Waals surface area contributed by atoms with Crippen molar-refractivity contribution in [2.24, 2.45) is 0 Å². The number of hydrogen-bond donors (Lipinski definition) is 1. The molecule has 8 heavy (non-hydrogen) atoms. The van der Waals surface area contributed by atoms with E-state index >= 15 is 0 Å². The molecule has 1 nitrogen and oxygen atoms in total. The zero-order chi connectivity index (χ0) is 6.24. The lowest BCUT2D eigenvalue weighted by Gasteiger charge is -1.77. The smallest absolute Gasteiger partial charge is 0.0754 e. The first-order valence-electron chi connectivity index (χ1n) is 2.86. The van der Waals surface area contributed by atoms with Crippen LogP contribution in [0.5, 0.6) is 0 Å². The highest BCUT2D eigenvalue weighted by molar-refractivity contribution is 4.88. The minimum Gasteiger partial charge on any atom is -0.516 e. The quantitative estimate of drug-likeness (QED) is 0.439. The van der Waals surface area contributed by atoms with Crippen molar-refractivity contribution >= 4 is 0 Å². The monoisotopic (exact) mass is 112 g/mol. The van der Waals surface area contributed by atoms with Crippen LogP contribution in [-0.2, 0) is 0 Å². The SMILES string of the molecule is CCC=CCC=CO. The largest absolute Gasteiger partial charge is 0.516 e. The van der Waals surface area contributed by atoms with Crippen LogP contribution in [0, 0.1) is 0 Å². The van der Waals surface area contributed by atoms with Crippen molar-refractivity contribution in [3.05, 3.63) is 24.5 Å². The van der Waals surface area contributed by atoms with E-state index in [0.717, 1.165) is 19.1 Å². The molecule has 0 fully saturated rings. The van der Waals surface area contributed by atoms with Crippen LogP contribution in [0.1, 0.15) is 19.8 Å². The second kappa shape index (κ2) is 6.28. The number of rotatable bonds is 3. The normalized spacial score (nSPS) is 11.6. The molecule has 0 aliphatic heterocycles.